The summed E-state index contributed by atoms with van der Waals surface area (Å²) >= 11 is 6.01. The second-order valence-corrected chi connectivity index (χ2v) is 4.57. The Bertz CT molecular complexity index is 436. The molecule has 1 unspecified atom stereocenters. The Morgan fingerprint density at radius 3 is 3.06 bits per heavy atom. The molecule has 1 aliphatic heterocycles. The first-order chi connectivity index (χ1) is 8.13. The zero-order valence-corrected chi connectivity index (χ0v) is 10.5. The summed E-state index contributed by atoms with van der Waals surface area (Å²) in [6, 6.07) is 5.42. The van der Waals surface area contributed by atoms with Gasteiger partial charge >= 0.3 is 0 Å². The summed E-state index contributed by atoms with van der Waals surface area (Å²) in [5, 5.41) is 3.50. The molecule has 1 atom stereocenters. The topological polar surface area (TPSA) is 58.4 Å². The van der Waals surface area contributed by atoms with Crippen molar-refractivity contribution in [2.75, 3.05) is 18.0 Å². The highest BCUT2D eigenvalue weighted by Gasteiger charge is 2.26. The van der Waals surface area contributed by atoms with Crippen molar-refractivity contribution in [3.05, 3.63) is 28.8 Å². The average Bonchev–Trinajstić information content (AvgIpc) is 2.33. The quantitative estimate of drug-likeness (QED) is 0.831. The Morgan fingerprint density at radius 1 is 1.59 bits per heavy atom. The predicted molar refractivity (Wildman–Crippen MR) is 69.2 cm³/mol. The zero-order chi connectivity index (χ0) is 12.4. The van der Waals surface area contributed by atoms with Crippen molar-refractivity contribution in [1.82, 2.24) is 5.32 Å². The molecule has 1 aromatic carbocycles. The first-order valence-corrected chi connectivity index (χ1v) is 6.04. The summed E-state index contributed by atoms with van der Waals surface area (Å²) in [4.78, 5) is 13.7. The minimum atomic E-state index is -0.187. The van der Waals surface area contributed by atoms with Gasteiger partial charge in [-0.1, -0.05) is 17.7 Å². The molecule has 92 valence electrons. The summed E-state index contributed by atoms with van der Waals surface area (Å²) in [7, 11) is 0. The van der Waals surface area contributed by atoms with Gasteiger partial charge < -0.3 is 16.0 Å². The van der Waals surface area contributed by atoms with E-state index in [0.717, 1.165) is 17.8 Å². The van der Waals surface area contributed by atoms with Gasteiger partial charge in [-0.2, -0.15) is 0 Å². The third-order valence-corrected chi connectivity index (χ3v) is 3.31. The fourth-order valence-electron chi connectivity index (χ4n) is 2.09. The van der Waals surface area contributed by atoms with Crippen LogP contribution in [0.1, 0.15) is 12.5 Å². The lowest BCUT2D eigenvalue weighted by atomic mass is 10.1. The van der Waals surface area contributed by atoms with Gasteiger partial charge in [0.05, 0.1) is 0 Å². The lowest BCUT2D eigenvalue weighted by molar-refractivity contribution is -0.122. The normalized spacial score (nSPS) is 20.3. The molecule has 0 bridgehead atoms. The summed E-state index contributed by atoms with van der Waals surface area (Å²) in [6.45, 7) is 3.76. The first kappa shape index (κ1) is 12.2. The number of benzene rings is 1. The van der Waals surface area contributed by atoms with Crippen molar-refractivity contribution in [2.24, 2.45) is 5.73 Å². The van der Waals surface area contributed by atoms with Crippen molar-refractivity contribution in [1.29, 1.82) is 0 Å². The highest BCUT2D eigenvalue weighted by Crippen LogP contribution is 2.27. The fourth-order valence-corrected chi connectivity index (χ4v) is 2.25. The van der Waals surface area contributed by atoms with Crippen LogP contribution in [-0.4, -0.2) is 25.0 Å². The molecule has 0 aliphatic carbocycles. The van der Waals surface area contributed by atoms with E-state index in [9.17, 15) is 4.79 Å². The number of nitrogens with zero attached hydrogens (tertiary/aromatic N) is 1. The van der Waals surface area contributed by atoms with Gasteiger partial charge in [0, 0.05) is 30.3 Å². The summed E-state index contributed by atoms with van der Waals surface area (Å²) in [6.07, 6.45) is 0. The molecule has 1 saturated heterocycles. The van der Waals surface area contributed by atoms with E-state index in [-0.39, 0.29) is 11.9 Å². The molecule has 1 aromatic rings. The molecule has 4 nitrogen and oxygen atoms in total. The van der Waals surface area contributed by atoms with Crippen LogP contribution in [0.5, 0.6) is 0 Å². The van der Waals surface area contributed by atoms with Crippen LogP contribution in [0.3, 0.4) is 0 Å². The van der Waals surface area contributed by atoms with E-state index in [0.29, 0.717) is 18.1 Å². The van der Waals surface area contributed by atoms with E-state index in [1.807, 2.05) is 30.0 Å². The SMILES string of the molecule is CC1C(=O)NCCN1c1cc(Cl)ccc1CN. The van der Waals surface area contributed by atoms with E-state index in [4.69, 9.17) is 17.3 Å². The number of halogens is 1. The van der Waals surface area contributed by atoms with Crippen LogP contribution in [0.25, 0.3) is 0 Å². The first-order valence-electron chi connectivity index (χ1n) is 5.66. The van der Waals surface area contributed by atoms with E-state index >= 15 is 0 Å². The molecular weight excluding hydrogens is 238 g/mol. The molecule has 1 fully saturated rings. The monoisotopic (exact) mass is 253 g/mol. The number of amides is 1. The van der Waals surface area contributed by atoms with Gasteiger partial charge in [-0.05, 0) is 24.6 Å². The molecule has 17 heavy (non-hydrogen) atoms. The van der Waals surface area contributed by atoms with Gasteiger partial charge in [-0.15, -0.1) is 0 Å². The van der Waals surface area contributed by atoms with Crippen LogP contribution in [-0.2, 0) is 11.3 Å². The molecule has 0 aromatic heterocycles. The van der Waals surface area contributed by atoms with Gasteiger partial charge in [0.25, 0.3) is 0 Å². The molecule has 2 rings (SSSR count). The lowest BCUT2D eigenvalue weighted by Crippen LogP contribution is -2.54. The van der Waals surface area contributed by atoms with Crippen LogP contribution in [0.15, 0.2) is 18.2 Å². The Balaban J connectivity index is 2.37. The van der Waals surface area contributed by atoms with Gasteiger partial charge in [-0.3, -0.25) is 4.79 Å². The molecule has 1 aliphatic rings. The van der Waals surface area contributed by atoms with E-state index in [2.05, 4.69) is 5.32 Å². The Morgan fingerprint density at radius 2 is 2.35 bits per heavy atom. The lowest BCUT2D eigenvalue weighted by Gasteiger charge is -2.36. The second kappa shape index (κ2) is 4.94. The van der Waals surface area contributed by atoms with Crippen LogP contribution in [0.4, 0.5) is 5.69 Å². The third-order valence-electron chi connectivity index (χ3n) is 3.08. The maximum absolute atomic E-state index is 11.6. The minimum Gasteiger partial charge on any atom is -0.358 e. The number of carbonyl (C=O) groups is 1. The van der Waals surface area contributed by atoms with Crippen LogP contribution < -0.4 is 16.0 Å². The van der Waals surface area contributed by atoms with Crippen molar-refractivity contribution >= 4 is 23.2 Å². The smallest absolute Gasteiger partial charge is 0.242 e. The predicted octanol–water partition coefficient (Wildman–Crippen LogP) is 1.12. The zero-order valence-electron chi connectivity index (χ0n) is 9.74. The molecule has 1 amide bonds. The molecular formula is C12H16ClN3O. The van der Waals surface area contributed by atoms with Gasteiger partial charge in [0.2, 0.25) is 5.91 Å². The third kappa shape index (κ3) is 2.37. The maximum atomic E-state index is 11.6. The van der Waals surface area contributed by atoms with Gasteiger partial charge in [-0.25, -0.2) is 0 Å². The van der Waals surface area contributed by atoms with Crippen LogP contribution in [0, 0.1) is 0 Å². The summed E-state index contributed by atoms with van der Waals surface area (Å²) in [5.41, 5.74) is 7.69. The van der Waals surface area contributed by atoms with E-state index in [1.165, 1.54) is 0 Å². The largest absolute Gasteiger partial charge is 0.358 e. The van der Waals surface area contributed by atoms with Crippen molar-refractivity contribution < 1.29 is 4.79 Å². The standard InChI is InChI=1S/C12H16ClN3O/c1-8-12(17)15-4-5-16(8)11-6-10(13)3-2-9(11)7-14/h2-3,6,8H,4-5,7,14H2,1H3,(H,15,17). The number of hydrogen-bond acceptors (Lipinski definition) is 3. The number of piperazine rings is 1. The molecule has 0 radical (unpaired) electrons. The van der Waals surface area contributed by atoms with E-state index in [1.54, 1.807) is 0 Å². The number of anilines is 1. The van der Waals surface area contributed by atoms with Crippen molar-refractivity contribution in [3.8, 4) is 0 Å². The van der Waals surface area contributed by atoms with E-state index < -0.39 is 0 Å². The summed E-state index contributed by atoms with van der Waals surface area (Å²) in [5.74, 6) is 0.0409. The fraction of sp³-hybridized carbons (Fsp3) is 0.417. The summed E-state index contributed by atoms with van der Waals surface area (Å²) < 4.78 is 0. The highest BCUT2D eigenvalue weighted by atomic mass is 35.5. The second-order valence-electron chi connectivity index (χ2n) is 4.14. The Hall–Kier alpha value is -1.26. The number of hydrogen-bond donors (Lipinski definition) is 2. The Kier molecular flexibility index (Phi) is 3.54. The number of nitrogens with one attached hydrogen (secondary N) is 1. The number of nitrogens with two attached hydrogens (primary N) is 1. The Labute approximate surface area is 106 Å². The van der Waals surface area contributed by atoms with Crippen molar-refractivity contribution in [2.45, 2.75) is 19.5 Å². The molecule has 1 heterocycles. The molecule has 3 N–H and O–H groups in total. The molecule has 0 saturated carbocycles. The van der Waals surface area contributed by atoms with Crippen molar-refractivity contribution in [3.63, 3.8) is 0 Å². The number of carbonyl (C=O) groups excluding carboxylic acids is 1. The van der Waals surface area contributed by atoms with Gasteiger partial charge in [0.15, 0.2) is 0 Å². The van der Waals surface area contributed by atoms with Crippen LogP contribution in [0.2, 0.25) is 5.02 Å². The van der Waals surface area contributed by atoms with Crippen LogP contribution >= 0.6 is 11.6 Å². The maximum Gasteiger partial charge on any atom is 0.242 e. The van der Waals surface area contributed by atoms with Gasteiger partial charge in [0.1, 0.15) is 6.04 Å². The number of rotatable bonds is 2. The molecule has 0 spiro atoms. The average molecular weight is 254 g/mol. The minimum absolute atomic E-state index is 0.0409. The highest BCUT2D eigenvalue weighted by molar-refractivity contribution is 6.30. The molecule has 5 heteroatoms.